The van der Waals surface area contributed by atoms with Gasteiger partial charge in [-0.05, 0) is 26.2 Å². The van der Waals surface area contributed by atoms with Crippen molar-refractivity contribution in [1.29, 1.82) is 0 Å². The lowest BCUT2D eigenvalue weighted by molar-refractivity contribution is -0.121. The SMILES string of the molecule is CC1OCCC1NCC(=O)NC1CCCC1. The van der Waals surface area contributed by atoms with E-state index in [0.717, 1.165) is 25.9 Å². The van der Waals surface area contributed by atoms with Crippen LogP contribution >= 0.6 is 0 Å². The van der Waals surface area contributed by atoms with Crippen LogP contribution in [0.3, 0.4) is 0 Å². The van der Waals surface area contributed by atoms with Crippen LogP contribution in [0.2, 0.25) is 0 Å². The number of rotatable bonds is 4. The predicted octanol–water partition coefficient (Wildman–Crippen LogP) is 0.812. The second kappa shape index (κ2) is 5.64. The molecule has 1 saturated heterocycles. The molecule has 0 spiro atoms. The Morgan fingerprint density at radius 3 is 2.69 bits per heavy atom. The molecule has 0 aromatic heterocycles. The maximum Gasteiger partial charge on any atom is 0.234 e. The number of nitrogens with one attached hydrogen (secondary N) is 2. The average Bonchev–Trinajstić information content (AvgIpc) is 2.87. The molecule has 2 aliphatic rings. The predicted molar refractivity (Wildman–Crippen MR) is 62.2 cm³/mol. The van der Waals surface area contributed by atoms with E-state index in [4.69, 9.17) is 4.74 Å². The summed E-state index contributed by atoms with van der Waals surface area (Å²) in [4.78, 5) is 11.6. The molecule has 2 N–H and O–H groups in total. The largest absolute Gasteiger partial charge is 0.377 e. The lowest BCUT2D eigenvalue weighted by atomic mass is 10.1. The topological polar surface area (TPSA) is 50.4 Å². The summed E-state index contributed by atoms with van der Waals surface area (Å²) in [6, 6.07) is 0.765. The van der Waals surface area contributed by atoms with Crippen molar-refractivity contribution < 1.29 is 9.53 Å². The van der Waals surface area contributed by atoms with Gasteiger partial charge in [-0.3, -0.25) is 4.79 Å². The monoisotopic (exact) mass is 226 g/mol. The fourth-order valence-electron chi connectivity index (χ4n) is 2.57. The van der Waals surface area contributed by atoms with Gasteiger partial charge >= 0.3 is 0 Å². The van der Waals surface area contributed by atoms with E-state index in [-0.39, 0.29) is 12.0 Å². The molecule has 0 aromatic rings. The van der Waals surface area contributed by atoms with Gasteiger partial charge in [0.25, 0.3) is 0 Å². The molecular weight excluding hydrogens is 204 g/mol. The Hall–Kier alpha value is -0.610. The summed E-state index contributed by atoms with van der Waals surface area (Å²) in [7, 11) is 0. The summed E-state index contributed by atoms with van der Waals surface area (Å²) >= 11 is 0. The molecule has 1 heterocycles. The normalized spacial score (nSPS) is 30.8. The Morgan fingerprint density at radius 2 is 2.06 bits per heavy atom. The van der Waals surface area contributed by atoms with E-state index in [0.29, 0.717) is 18.6 Å². The Labute approximate surface area is 97.1 Å². The zero-order chi connectivity index (χ0) is 11.4. The molecule has 4 nitrogen and oxygen atoms in total. The van der Waals surface area contributed by atoms with Crippen molar-refractivity contribution in [2.24, 2.45) is 0 Å². The van der Waals surface area contributed by atoms with Crippen molar-refractivity contribution >= 4 is 5.91 Å². The Kier molecular flexibility index (Phi) is 4.18. The van der Waals surface area contributed by atoms with Crippen LogP contribution in [0.25, 0.3) is 0 Å². The second-order valence-corrected chi connectivity index (χ2v) is 4.90. The smallest absolute Gasteiger partial charge is 0.234 e. The van der Waals surface area contributed by atoms with Gasteiger partial charge in [-0.25, -0.2) is 0 Å². The zero-order valence-corrected chi connectivity index (χ0v) is 10.00. The van der Waals surface area contributed by atoms with Gasteiger partial charge in [0.1, 0.15) is 0 Å². The minimum atomic E-state index is 0.131. The maximum absolute atomic E-state index is 11.6. The van der Waals surface area contributed by atoms with Crippen molar-refractivity contribution in [1.82, 2.24) is 10.6 Å². The van der Waals surface area contributed by atoms with E-state index < -0.39 is 0 Å². The molecule has 2 fully saturated rings. The molecule has 16 heavy (non-hydrogen) atoms. The van der Waals surface area contributed by atoms with E-state index in [9.17, 15) is 4.79 Å². The van der Waals surface area contributed by atoms with Crippen molar-refractivity contribution in [2.75, 3.05) is 13.2 Å². The van der Waals surface area contributed by atoms with E-state index in [1.165, 1.54) is 12.8 Å². The van der Waals surface area contributed by atoms with Crippen LogP contribution in [0.1, 0.15) is 39.0 Å². The average molecular weight is 226 g/mol. The number of amides is 1. The standard InChI is InChI=1S/C12H22N2O2/c1-9-11(6-7-16-9)13-8-12(15)14-10-4-2-3-5-10/h9-11,13H,2-8H2,1H3,(H,14,15). The Bertz CT molecular complexity index is 239. The fraction of sp³-hybridized carbons (Fsp3) is 0.917. The van der Waals surface area contributed by atoms with Gasteiger partial charge in [0.15, 0.2) is 0 Å². The van der Waals surface area contributed by atoms with Crippen LogP contribution in [0.5, 0.6) is 0 Å². The molecule has 2 unspecified atom stereocenters. The number of hydrogen-bond donors (Lipinski definition) is 2. The van der Waals surface area contributed by atoms with Crippen LogP contribution in [0.4, 0.5) is 0 Å². The zero-order valence-electron chi connectivity index (χ0n) is 10.00. The minimum absolute atomic E-state index is 0.131. The molecule has 0 bridgehead atoms. The van der Waals surface area contributed by atoms with Crippen LogP contribution in [-0.4, -0.2) is 37.2 Å². The molecule has 1 amide bonds. The van der Waals surface area contributed by atoms with E-state index in [1.54, 1.807) is 0 Å². The molecule has 92 valence electrons. The fourth-order valence-corrected chi connectivity index (χ4v) is 2.57. The first-order valence-corrected chi connectivity index (χ1v) is 6.40. The highest BCUT2D eigenvalue weighted by atomic mass is 16.5. The summed E-state index contributed by atoms with van der Waals surface area (Å²) in [6.45, 7) is 3.29. The van der Waals surface area contributed by atoms with Crippen molar-refractivity contribution in [3.63, 3.8) is 0 Å². The summed E-state index contributed by atoms with van der Waals surface area (Å²) < 4.78 is 5.44. The first-order valence-electron chi connectivity index (χ1n) is 6.40. The highest BCUT2D eigenvalue weighted by Crippen LogP contribution is 2.17. The highest BCUT2D eigenvalue weighted by molar-refractivity contribution is 5.78. The highest BCUT2D eigenvalue weighted by Gasteiger charge is 2.24. The van der Waals surface area contributed by atoms with Crippen LogP contribution in [-0.2, 0) is 9.53 Å². The van der Waals surface area contributed by atoms with Crippen molar-refractivity contribution in [2.45, 2.75) is 57.2 Å². The molecular formula is C12H22N2O2. The van der Waals surface area contributed by atoms with Crippen LogP contribution in [0, 0.1) is 0 Å². The first kappa shape index (κ1) is 11.9. The number of carbonyl (C=O) groups excluding carboxylic acids is 1. The number of carbonyl (C=O) groups is 1. The van der Waals surface area contributed by atoms with Gasteiger partial charge in [-0.1, -0.05) is 12.8 Å². The number of hydrogen-bond acceptors (Lipinski definition) is 3. The summed E-state index contributed by atoms with van der Waals surface area (Å²) in [6.07, 6.45) is 6.05. The van der Waals surface area contributed by atoms with Crippen molar-refractivity contribution in [3.05, 3.63) is 0 Å². The third-order valence-corrected chi connectivity index (χ3v) is 3.62. The van der Waals surface area contributed by atoms with Gasteiger partial charge in [0, 0.05) is 18.7 Å². The second-order valence-electron chi connectivity index (χ2n) is 4.90. The molecule has 2 rings (SSSR count). The van der Waals surface area contributed by atoms with Crippen molar-refractivity contribution in [3.8, 4) is 0 Å². The molecule has 0 radical (unpaired) electrons. The van der Waals surface area contributed by atoms with Gasteiger partial charge in [-0.15, -0.1) is 0 Å². The maximum atomic E-state index is 11.6. The third kappa shape index (κ3) is 3.19. The third-order valence-electron chi connectivity index (χ3n) is 3.62. The van der Waals surface area contributed by atoms with E-state index in [1.807, 2.05) is 0 Å². The summed E-state index contributed by atoms with van der Waals surface area (Å²) in [5.74, 6) is 0.131. The first-order chi connectivity index (χ1) is 7.75. The van der Waals surface area contributed by atoms with Gasteiger partial charge < -0.3 is 15.4 Å². The molecule has 1 aliphatic heterocycles. The summed E-state index contributed by atoms with van der Waals surface area (Å²) in [5, 5.41) is 6.34. The van der Waals surface area contributed by atoms with Gasteiger partial charge in [0.2, 0.25) is 5.91 Å². The molecule has 0 aromatic carbocycles. The summed E-state index contributed by atoms with van der Waals surface area (Å²) in [5.41, 5.74) is 0. The number of ether oxygens (including phenoxy) is 1. The van der Waals surface area contributed by atoms with Gasteiger partial charge in [-0.2, -0.15) is 0 Å². The van der Waals surface area contributed by atoms with E-state index >= 15 is 0 Å². The Balaban J connectivity index is 1.63. The molecule has 1 saturated carbocycles. The van der Waals surface area contributed by atoms with Crippen LogP contribution < -0.4 is 10.6 Å². The molecule has 1 aliphatic carbocycles. The van der Waals surface area contributed by atoms with Crippen LogP contribution in [0.15, 0.2) is 0 Å². The minimum Gasteiger partial charge on any atom is -0.377 e. The molecule has 2 atom stereocenters. The quantitative estimate of drug-likeness (QED) is 0.746. The van der Waals surface area contributed by atoms with E-state index in [2.05, 4.69) is 17.6 Å². The Morgan fingerprint density at radius 1 is 1.31 bits per heavy atom. The lowest BCUT2D eigenvalue weighted by Crippen LogP contribution is -2.44. The van der Waals surface area contributed by atoms with Gasteiger partial charge in [0.05, 0.1) is 12.6 Å². The lowest BCUT2D eigenvalue weighted by Gasteiger charge is -2.17. The molecule has 4 heteroatoms.